The molecule has 1 saturated carbocycles. The first kappa shape index (κ1) is 17.0. The molecule has 114 valence electrons. The second-order valence-electron chi connectivity index (χ2n) is 6.22. The molecule has 0 aromatic rings. The molecule has 1 unspecified atom stereocenters. The first-order valence-electron chi connectivity index (χ1n) is 8.50. The van der Waals surface area contributed by atoms with E-state index in [2.05, 4.69) is 26.1 Å². The van der Waals surface area contributed by atoms with E-state index in [1.165, 1.54) is 44.9 Å². The van der Waals surface area contributed by atoms with Crippen molar-refractivity contribution in [3.8, 4) is 0 Å². The number of nitrogens with one attached hydrogen (secondary N) is 1. The Balaban J connectivity index is 2.67. The summed E-state index contributed by atoms with van der Waals surface area (Å²) in [6, 6.07) is 0.524. The van der Waals surface area contributed by atoms with Gasteiger partial charge in [-0.1, -0.05) is 52.9 Å². The maximum Gasteiger partial charge on any atom is 0.0825 e. The SMILES string of the molecule is CCCNC(CC1CCCCC1)C(CC)(CC)OC. The van der Waals surface area contributed by atoms with Crippen LogP contribution in [-0.2, 0) is 4.74 Å². The highest BCUT2D eigenvalue weighted by Gasteiger charge is 2.36. The molecule has 0 amide bonds. The maximum absolute atomic E-state index is 5.97. The third-order valence-electron chi connectivity index (χ3n) is 5.17. The highest BCUT2D eigenvalue weighted by atomic mass is 16.5. The summed E-state index contributed by atoms with van der Waals surface area (Å²) < 4.78 is 5.97. The Morgan fingerprint density at radius 1 is 1.11 bits per heavy atom. The Labute approximate surface area is 120 Å². The number of methoxy groups -OCH3 is 1. The fraction of sp³-hybridized carbons (Fsp3) is 1.00. The molecule has 0 saturated heterocycles. The van der Waals surface area contributed by atoms with Gasteiger partial charge in [0.05, 0.1) is 5.60 Å². The predicted molar refractivity (Wildman–Crippen MR) is 83.6 cm³/mol. The molecular weight excluding hydrogens is 234 g/mol. The molecule has 1 aliphatic carbocycles. The van der Waals surface area contributed by atoms with Crippen molar-refractivity contribution in [1.29, 1.82) is 0 Å². The number of hydrogen-bond donors (Lipinski definition) is 1. The lowest BCUT2D eigenvalue weighted by Gasteiger charge is -2.41. The van der Waals surface area contributed by atoms with E-state index in [-0.39, 0.29) is 5.60 Å². The standard InChI is InChI=1S/C17H35NO/c1-5-13-18-16(17(6-2,7-3)19-4)14-15-11-9-8-10-12-15/h15-16,18H,5-14H2,1-4H3. The molecule has 1 N–H and O–H groups in total. The smallest absolute Gasteiger partial charge is 0.0825 e. The molecule has 0 aromatic carbocycles. The predicted octanol–water partition coefficient (Wildman–Crippen LogP) is 4.53. The number of rotatable bonds is 9. The second-order valence-corrected chi connectivity index (χ2v) is 6.22. The Morgan fingerprint density at radius 2 is 1.74 bits per heavy atom. The normalized spacial score (nSPS) is 19.6. The van der Waals surface area contributed by atoms with E-state index in [1.807, 2.05) is 7.11 Å². The fourth-order valence-electron chi connectivity index (χ4n) is 3.73. The molecule has 0 aliphatic heterocycles. The number of ether oxygens (including phenoxy) is 1. The van der Waals surface area contributed by atoms with E-state index < -0.39 is 0 Å². The summed E-state index contributed by atoms with van der Waals surface area (Å²) in [5.41, 5.74) is 0.0343. The molecule has 0 aromatic heterocycles. The van der Waals surface area contributed by atoms with Crippen molar-refractivity contribution in [2.24, 2.45) is 5.92 Å². The largest absolute Gasteiger partial charge is 0.377 e. The highest BCUT2D eigenvalue weighted by molar-refractivity contribution is 4.93. The van der Waals surface area contributed by atoms with E-state index in [0.717, 1.165) is 25.3 Å². The van der Waals surface area contributed by atoms with E-state index in [4.69, 9.17) is 4.74 Å². The van der Waals surface area contributed by atoms with Gasteiger partial charge in [-0.15, -0.1) is 0 Å². The summed E-state index contributed by atoms with van der Waals surface area (Å²) >= 11 is 0. The molecule has 1 aliphatic rings. The van der Waals surface area contributed by atoms with Gasteiger partial charge in [0.25, 0.3) is 0 Å². The van der Waals surface area contributed by atoms with Crippen LogP contribution < -0.4 is 5.32 Å². The van der Waals surface area contributed by atoms with Gasteiger partial charge in [0, 0.05) is 13.2 Å². The topological polar surface area (TPSA) is 21.3 Å². The van der Waals surface area contributed by atoms with Crippen LogP contribution in [0.4, 0.5) is 0 Å². The van der Waals surface area contributed by atoms with Crippen LogP contribution in [0.25, 0.3) is 0 Å². The summed E-state index contributed by atoms with van der Waals surface area (Å²) in [6.07, 6.45) is 11.9. The summed E-state index contributed by atoms with van der Waals surface area (Å²) in [5, 5.41) is 3.79. The minimum absolute atomic E-state index is 0.0343. The zero-order valence-electron chi connectivity index (χ0n) is 13.6. The Kier molecular flexibility index (Phi) is 8.01. The Bertz CT molecular complexity index is 211. The zero-order chi connectivity index (χ0) is 14.1. The number of hydrogen-bond acceptors (Lipinski definition) is 2. The van der Waals surface area contributed by atoms with Crippen LogP contribution in [0.15, 0.2) is 0 Å². The van der Waals surface area contributed by atoms with Crippen molar-refractivity contribution in [3.63, 3.8) is 0 Å². The lowest BCUT2D eigenvalue weighted by atomic mass is 9.78. The van der Waals surface area contributed by atoms with E-state index >= 15 is 0 Å². The van der Waals surface area contributed by atoms with E-state index in [0.29, 0.717) is 6.04 Å². The average Bonchev–Trinajstić information content (AvgIpc) is 2.48. The molecule has 1 rings (SSSR count). The van der Waals surface area contributed by atoms with Gasteiger partial charge in [-0.3, -0.25) is 0 Å². The minimum atomic E-state index is 0.0343. The first-order valence-corrected chi connectivity index (χ1v) is 8.50. The van der Waals surface area contributed by atoms with Crippen molar-refractivity contribution < 1.29 is 4.74 Å². The third-order valence-corrected chi connectivity index (χ3v) is 5.17. The first-order chi connectivity index (χ1) is 9.22. The third kappa shape index (κ3) is 4.75. The second kappa shape index (κ2) is 8.97. The van der Waals surface area contributed by atoms with Crippen LogP contribution in [0.5, 0.6) is 0 Å². The Morgan fingerprint density at radius 3 is 2.21 bits per heavy atom. The summed E-state index contributed by atoms with van der Waals surface area (Å²) in [6.45, 7) is 7.91. The van der Waals surface area contributed by atoms with Crippen molar-refractivity contribution >= 4 is 0 Å². The molecule has 0 bridgehead atoms. The van der Waals surface area contributed by atoms with Crippen LogP contribution >= 0.6 is 0 Å². The van der Waals surface area contributed by atoms with Gasteiger partial charge in [0.2, 0.25) is 0 Å². The summed E-state index contributed by atoms with van der Waals surface area (Å²) in [4.78, 5) is 0. The fourth-order valence-corrected chi connectivity index (χ4v) is 3.73. The van der Waals surface area contributed by atoms with Gasteiger partial charge >= 0.3 is 0 Å². The molecule has 1 fully saturated rings. The molecular formula is C17H35NO. The molecule has 19 heavy (non-hydrogen) atoms. The molecule has 2 nitrogen and oxygen atoms in total. The van der Waals surface area contributed by atoms with Crippen LogP contribution in [0.1, 0.15) is 78.6 Å². The Hall–Kier alpha value is -0.0800. The van der Waals surface area contributed by atoms with Crippen LogP contribution in [0.2, 0.25) is 0 Å². The molecule has 0 radical (unpaired) electrons. The highest BCUT2D eigenvalue weighted by Crippen LogP contribution is 2.33. The van der Waals surface area contributed by atoms with Crippen molar-refractivity contribution in [3.05, 3.63) is 0 Å². The van der Waals surface area contributed by atoms with Crippen LogP contribution in [-0.4, -0.2) is 25.3 Å². The zero-order valence-corrected chi connectivity index (χ0v) is 13.6. The van der Waals surface area contributed by atoms with Crippen LogP contribution in [0.3, 0.4) is 0 Å². The van der Waals surface area contributed by atoms with Crippen molar-refractivity contribution in [2.75, 3.05) is 13.7 Å². The molecule has 0 spiro atoms. The quantitative estimate of drug-likeness (QED) is 0.664. The lowest BCUT2D eigenvalue weighted by Crippen LogP contribution is -2.52. The van der Waals surface area contributed by atoms with Gasteiger partial charge < -0.3 is 10.1 Å². The van der Waals surface area contributed by atoms with Crippen molar-refractivity contribution in [1.82, 2.24) is 5.32 Å². The monoisotopic (exact) mass is 269 g/mol. The summed E-state index contributed by atoms with van der Waals surface area (Å²) in [7, 11) is 1.90. The van der Waals surface area contributed by atoms with Crippen molar-refractivity contribution in [2.45, 2.75) is 90.2 Å². The van der Waals surface area contributed by atoms with Gasteiger partial charge in [0.15, 0.2) is 0 Å². The molecule has 0 heterocycles. The van der Waals surface area contributed by atoms with Gasteiger partial charge in [-0.05, 0) is 38.1 Å². The maximum atomic E-state index is 5.97. The lowest BCUT2D eigenvalue weighted by molar-refractivity contribution is -0.0541. The molecule has 1 atom stereocenters. The van der Waals surface area contributed by atoms with Crippen LogP contribution in [0, 0.1) is 5.92 Å². The van der Waals surface area contributed by atoms with E-state index in [1.54, 1.807) is 0 Å². The summed E-state index contributed by atoms with van der Waals surface area (Å²) in [5.74, 6) is 0.913. The average molecular weight is 269 g/mol. The minimum Gasteiger partial charge on any atom is -0.377 e. The van der Waals surface area contributed by atoms with Gasteiger partial charge in [0.1, 0.15) is 0 Å². The molecule has 2 heteroatoms. The van der Waals surface area contributed by atoms with Gasteiger partial charge in [-0.2, -0.15) is 0 Å². The van der Waals surface area contributed by atoms with E-state index in [9.17, 15) is 0 Å². The van der Waals surface area contributed by atoms with Gasteiger partial charge in [-0.25, -0.2) is 0 Å².